The predicted octanol–water partition coefficient (Wildman–Crippen LogP) is 5.23. The molecule has 2 aromatic carbocycles. The molecule has 118 valence electrons. The minimum absolute atomic E-state index is 0.175. The lowest BCUT2D eigenvalue weighted by molar-refractivity contribution is 0.119. The van der Waals surface area contributed by atoms with E-state index < -0.39 is 0 Å². The van der Waals surface area contributed by atoms with Gasteiger partial charge in [0.2, 0.25) is 0 Å². The average Bonchev–Trinajstić information content (AvgIpc) is 3.40. The number of ether oxygens (including phenoxy) is 1. The lowest BCUT2D eigenvalue weighted by Crippen LogP contribution is -2.33. The highest BCUT2D eigenvalue weighted by Gasteiger charge is 2.68. The molecule has 1 aliphatic heterocycles. The SMILES string of the molecule is c1ccc(C23OC2C2(CCCCC2)CCc2ccccc23)cc1. The van der Waals surface area contributed by atoms with E-state index >= 15 is 0 Å². The molecule has 5 rings (SSSR count). The van der Waals surface area contributed by atoms with Crippen LogP contribution in [0.25, 0.3) is 0 Å². The van der Waals surface area contributed by atoms with Crippen molar-refractivity contribution in [3.63, 3.8) is 0 Å². The Morgan fingerprint density at radius 2 is 1.52 bits per heavy atom. The van der Waals surface area contributed by atoms with Gasteiger partial charge in [-0.1, -0.05) is 73.9 Å². The first-order valence-corrected chi connectivity index (χ1v) is 9.17. The third-order valence-corrected chi connectivity index (χ3v) is 6.53. The summed E-state index contributed by atoms with van der Waals surface area (Å²) < 4.78 is 6.65. The molecule has 2 aliphatic carbocycles. The van der Waals surface area contributed by atoms with Crippen LogP contribution >= 0.6 is 0 Å². The lowest BCUT2D eigenvalue weighted by atomic mass is 9.66. The van der Waals surface area contributed by atoms with Gasteiger partial charge in [-0.2, -0.15) is 0 Å². The molecule has 2 fully saturated rings. The first-order valence-electron chi connectivity index (χ1n) is 9.17. The molecule has 2 atom stereocenters. The summed E-state index contributed by atoms with van der Waals surface area (Å²) in [5, 5.41) is 0. The Labute approximate surface area is 138 Å². The van der Waals surface area contributed by atoms with E-state index in [-0.39, 0.29) is 5.60 Å². The van der Waals surface area contributed by atoms with Crippen LogP contribution in [0.4, 0.5) is 0 Å². The van der Waals surface area contributed by atoms with Gasteiger partial charge in [0.05, 0.1) is 0 Å². The molecular formula is C22H24O. The standard InChI is InChI=1S/C22H24O/c1-3-10-18(11-4-1)22-19-12-6-5-9-17(19)13-16-21(20(22)23-22)14-7-2-8-15-21/h1,3-6,9-12,20H,2,7-8,13-16H2. The fourth-order valence-corrected chi connectivity index (χ4v) is 5.36. The summed E-state index contributed by atoms with van der Waals surface area (Å²) in [6.45, 7) is 0. The van der Waals surface area contributed by atoms with E-state index in [1.54, 1.807) is 0 Å². The van der Waals surface area contributed by atoms with Gasteiger partial charge < -0.3 is 4.74 Å². The number of hydrogen-bond acceptors (Lipinski definition) is 1. The van der Waals surface area contributed by atoms with Crippen LogP contribution in [-0.4, -0.2) is 6.10 Å². The lowest BCUT2D eigenvalue weighted by Gasteiger charge is -2.36. The Hall–Kier alpha value is -1.60. The van der Waals surface area contributed by atoms with Crippen LogP contribution in [0, 0.1) is 5.41 Å². The van der Waals surface area contributed by atoms with Crippen LogP contribution < -0.4 is 0 Å². The minimum Gasteiger partial charge on any atom is -0.355 e. The summed E-state index contributed by atoms with van der Waals surface area (Å²) in [4.78, 5) is 0. The molecule has 1 spiro atoms. The van der Waals surface area contributed by atoms with Crippen molar-refractivity contribution in [3.8, 4) is 0 Å². The van der Waals surface area contributed by atoms with Crippen molar-refractivity contribution in [1.82, 2.24) is 0 Å². The number of aryl methyl sites for hydroxylation is 1. The van der Waals surface area contributed by atoms with Crippen LogP contribution in [0.1, 0.15) is 55.2 Å². The Balaban J connectivity index is 1.68. The van der Waals surface area contributed by atoms with Gasteiger partial charge in [0.1, 0.15) is 11.7 Å². The Kier molecular flexibility index (Phi) is 2.97. The molecule has 0 bridgehead atoms. The number of rotatable bonds is 1. The fraction of sp³-hybridized carbons (Fsp3) is 0.455. The highest BCUT2D eigenvalue weighted by atomic mass is 16.6. The number of epoxide rings is 1. The highest BCUT2D eigenvalue weighted by Crippen LogP contribution is 2.65. The molecule has 1 heterocycles. The van der Waals surface area contributed by atoms with Gasteiger partial charge >= 0.3 is 0 Å². The predicted molar refractivity (Wildman–Crippen MR) is 92.4 cm³/mol. The van der Waals surface area contributed by atoms with Crippen LogP contribution in [0.5, 0.6) is 0 Å². The second kappa shape index (κ2) is 4.95. The van der Waals surface area contributed by atoms with Crippen LogP contribution in [0.15, 0.2) is 54.6 Å². The molecule has 3 aliphatic rings. The Morgan fingerprint density at radius 1 is 0.783 bits per heavy atom. The Bertz CT molecular complexity index is 714. The molecule has 1 saturated carbocycles. The van der Waals surface area contributed by atoms with E-state index in [9.17, 15) is 0 Å². The first-order chi connectivity index (χ1) is 11.4. The molecule has 1 saturated heterocycles. The van der Waals surface area contributed by atoms with Gasteiger partial charge in [0, 0.05) is 5.41 Å². The van der Waals surface area contributed by atoms with E-state index in [0.29, 0.717) is 11.5 Å². The zero-order valence-corrected chi connectivity index (χ0v) is 13.6. The van der Waals surface area contributed by atoms with Crippen molar-refractivity contribution in [3.05, 3.63) is 71.3 Å². The maximum atomic E-state index is 6.65. The summed E-state index contributed by atoms with van der Waals surface area (Å²) in [6.07, 6.45) is 9.73. The monoisotopic (exact) mass is 304 g/mol. The maximum Gasteiger partial charge on any atom is 0.146 e. The number of hydrogen-bond donors (Lipinski definition) is 0. The van der Waals surface area contributed by atoms with Crippen LogP contribution in [0.3, 0.4) is 0 Å². The molecule has 0 aromatic heterocycles. The largest absolute Gasteiger partial charge is 0.355 e. The topological polar surface area (TPSA) is 12.5 Å². The normalized spacial score (nSPS) is 31.0. The third kappa shape index (κ3) is 1.89. The van der Waals surface area contributed by atoms with Gasteiger partial charge in [-0.3, -0.25) is 0 Å². The van der Waals surface area contributed by atoms with Crippen molar-refractivity contribution >= 4 is 0 Å². The van der Waals surface area contributed by atoms with E-state index in [1.165, 1.54) is 61.6 Å². The molecule has 1 heteroatoms. The second-order valence-electron chi connectivity index (χ2n) is 7.68. The fourth-order valence-electron chi connectivity index (χ4n) is 5.36. The summed E-state index contributed by atoms with van der Waals surface area (Å²) in [5.41, 5.74) is 4.50. The molecule has 23 heavy (non-hydrogen) atoms. The zero-order chi connectivity index (χ0) is 15.3. The highest BCUT2D eigenvalue weighted by molar-refractivity contribution is 5.49. The molecule has 2 unspecified atom stereocenters. The summed E-state index contributed by atoms with van der Waals surface area (Å²) in [7, 11) is 0. The van der Waals surface area contributed by atoms with E-state index in [4.69, 9.17) is 4.74 Å². The van der Waals surface area contributed by atoms with Crippen molar-refractivity contribution in [2.75, 3.05) is 0 Å². The molecule has 1 nitrogen and oxygen atoms in total. The summed E-state index contributed by atoms with van der Waals surface area (Å²) in [6, 6.07) is 19.9. The van der Waals surface area contributed by atoms with Crippen LogP contribution in [0.2, 0.25) is 0 Å². The molecule has 0 radical (unpaired) electrons. The number of benzene rings is 2. The number of fused-ring (bicyclic) bond motifs is 4. The quantitative estimate of drug-likeness (QED) is 0.658. The molecule has 0 amide bonds. The van der Waals surface area contributed by atoms with Gasteiger partial charge in [0.25, 0.3) is 0 Å². The van der Waals surface area contributed by atoms with Gasteiger partial charge in [-0.15, -0.1) is 0 Å². The van der Waals surface area contributed by atoms with Crippen LogP contribution in [-0.2, 0) is 16.8 Å². The smallest absolute Gasteiger partial charge is 0.146 e. The van der Waals surface area contributed by atoms with Crippen molar-refractivity contribution < 1.29 is 4.74 Å². The van der Waals surface area contributed by atoms with E-state index in [0.717, 1.165) is 0 Å². The van der Waals surface area contributed by atoms with Gasteiger partial charge in [0.15, 0.2) is 0 Å². The van der Waals surface area contributed by atoms with E-state index in [1.807, 2.05) is 0 Å². The molecular weight excluding hydrogens is 280 g/mol. The van der Waals surface area contributed by atoms with Crippen molar-refractivity contribution in [2.45, 2.75) is 56.7 Å². The second-order valence-corrected chi connectivity index (χ2v) is 7.68. The summed E-state index contributed by atoms with van der Waals surface area (Å²) >= 11 is 0. The Morgan fingerprint density at radius 3 is 2.35 bits per heavy atom. The third-order valence-electron chi connectivity index (χ3n) is 6.53. The maximum absolute atomic E-state index is 6.65. The zero-order valence-electron chi connectivity index (χ0n) is 13.6. The minimum atomic E-state index is -0.175. The van der Waals surface area contributed by atoms with Gasteiger partial charge in [-0.05, 0) is 42.4 Å². The van der Waals surface area contributed by atoms with Crippen molar-refractivity contribution in [1.29, 1.82) is 0 Å². The van der Waals surface area contributed by atoms with Crippen molar-refractivity contribution in [2.24, 2.45) is 5.41 Å². The average molecular weight is 304 g/mol. The van der Waals surface area contributed by atoms with Gasteiger partial charge in [-0.25, -0.2) is 0 Å². The molecule has 2 aromatic rings. The first kappa shape index (κ1) is 13.8. The summed E-state index contributed by atoms with van der Waals surface area (Å²) in [5.74, 6) is 0. The van der Waals surface area contributed by atoms with E-state index in [2.05, 4.69) is 54.6 Å². The molecule has 0 N–H and O–H groups in total.